The molecule has 3 fully saturated rings. The largest absolute Gasteiger partial charge is 0.354 e. The van der Waals surface area contributed by atoms with Gasteiger partial charge in [-0.05, 0) is 19.3 Å². The quantitative estimate of drug-likeness (QED) is 0.448. The van der Waals surface area contributed by atoms with Crippen LogP contribution in [0.1, 0.15) is 19.3 Å². The maximum Gasteiger partial charge on any atom is 0.240 e. The summed E-state index contributed by atoms with van der Waals surface area (Å²) in [4.78, 5) is 11.6. The van der Waals surface area contributed by atoms with E-state index in [1.54, 1.807) is 0 Å². The molecule has 0 aromatic carbocycles. The van der Waals surface area contributed by atoms with E-state index in [-0.39, 0.29) is 17.0 Å². The molecule has 0 aromatic heterocycles. The molecule has 0 radical (unpaired) electrons. The van der Waals surface area contributed by atoms with E-state index in [9.17, 15) is 4.79 Å². The van der Waals surface area contributed by atoms with E-state index in [2.05, 4.69) is 16.0 Å². The summed E-state index contributed by atoms with van der Waals surface area (Å²) in [7, 11) is 0. The van der Waals surface area contributed by atoms with E-state index in [1.807, 2.05) is 0 Å². The van der Waals surface area contributed by atoms with Crippen molar-refractivity contribution < 1.29 is 4.79 Å². The molecule has 4 nitrogen and oxygen atoms in total. The van der Waals surface area contributed by atoms with Crippen LogP contribution in [0.3, 0.4) is 0 Å². The minimum Gasteiger partial charge on any atom is -0.354 e. The summed E-state index contributed by atoms with van der Waals surface area (Å²) >= 11 is 0. The molecule has 2 spiro atoms. The zero-order valence-corrected chi connectivity index (χ0v) is 7.65. The Bertz CT molecular complexity index is 262. The fourth-order valence-electron chi connectivity index (χ4n) is 2.81. The Balaban J connectivity index is 1.83. The number of hydrogen-bond acceptors (Lipinski definition) is 3. The van der Waals surface area contributed by atoms with Crippen LogP contribution in [0.15, 0.2) is 0 Å². The normalized spacial score (nSPS) is 41.1. The third-order valence-electron chi connectivity index (χ3n) is 3.73. The molecular formula is C9H15N3O. The smallest absolute Gasteiger partial charge is 0.240 e. The van der Waals surface area contributed by atoms with E-state index < -0.39 is 0 Å². The summed E-state index contributed by atoms with van der Waals surface area (Å²) in [6.45, 7) is 2.90. The van der Waals surface area contributed by atoms with Crippen molar-refractivity contribution in [2.45, 2.75) is 30.3 Å². The fourth-order valence-corrected chi connectivity index (χ4v) is 2.81. The highest BCUT2D eigenvalue weighted by molar-refractivity contribution is 5.89. The molecule has 1 unspecified atom stereocenters. The molecule has 3 aliphatic rings. The van der Waals surface area contributed by atoms with Crippen LogP contribution in [0, 0.1) is 0 Å². The molecule has 1 amide bonds. The van der Waals surface area contributed by atoms with Crippen LogP contribution in [0.4, 0.5) is 0 Å². The maximum absolute atomic E-state index is 11.6. The SMILES string of the molecule is O=C1NCCC12CCC1(CNC1)N2. The third-order valence-corrected chi connectivity index (χ3v) is 3.73. The predicted molar refractivity (Wildman–Crippen MR) is 48.3 cm³/mol. The van der Waals surface area contributed by atoms with Crippen LogP contribution >= 0.6 is 0 Å². The fraction of sp³-hybridized carbons (Fsp3) is 0.889. The van der Waals surface area contributed by atoms with E-state index in [0.29, 0.717) is 0 Å². The lowest BCUT2D eigenvalue weighted by Crippen LogP contribution is -2.68. The van der Waals surface area contributed by atoms with E-state index >= 15 is 0 Å². The Morgan fingerprint density at radius 1 is 1.15 bits per heavy atom. The Hall–Kier alpha value is -0.610. The second-order valence-corrected chi connectivity index (χ2v) is 4.60. The lowest BCUT2D eigenvalue weighted by molar-refractivity contribution is -0.124. The average Bonchev–Trinajstić information content (AvgIpc) is 2.59. The van der Waals surface area contributed by atoms with Crippen molar-refractivity contribution in [2.75, 3.05) is 19.6 Å². The van der Waals surface area contributed by atoms with Crippen LogP contribution < -0.4 is 16.0 Å². The number of amides is 1. The van der Waals surface area contributed by atoms with Gasteiger partial charge in [-0.3, -0.25) is 10.1 Å². The summed E-state index contributed by atoms with van der Waals surface area (Å²) in [5.41, 5.74) is 0.0454. The lowest BCUT2D eigenvalue weighted by Gasteiger charge is -2.41. The summed E-state index contributed by atoms with van der Waals surface area (Å²) in [6.07, 6.45) is 3.13. The van der Waals surface area contributed by atoms with Gasteiger partial charge in [0.25, 0.3) is 0 Å². The second kappa shape index (κ2) is 2.25. The van der Waals surface area contributed by atoms with Crippen molar-refractivity contribution in [3.63, 3.8) is 0 Å². The van der Waals surface area contributed by atoms with Crippen LogP contribution in [0.5, 0.6) is 0 Å². The second-order valence-electron chi connectivity index (χ2n) is 4.60. The van der Waals surface area contributed by atoms with Crippen molar-refractivity contribution in [1.29, 1.82) is 0 Å². The van der Waals surface area contributed by atoms with Gasteiger partial charge in [-0.15, -0.1) is 0 Å². The average molecular weight is 181 g/mol. The number of hydrogen-bond donors (Lipinski definition) is 3. The minimum atomic E-state index is -0.206. The maximum atomic E-state index is 11.6. The van der Waals surface area contributed by atoms with Gasteiger partial charge in [0, 0.05) is 25.2 Å². The topological polar surface area (TPSA) is 53.2 Å². The minimum absolute atomic E-state index is 0.206. The molecule has 3 saturated heterocycles. The van der Waals surface area contributed by atoms with Crippen molar-refractivity contribution >= 4 is 5.91 Å². The first-order valence-corrected chi connectivity index (χ1v) is 5.03. The molecule has 0 aromatic rings. The zero-order chi connectivity index (χ0) is 8.94. The van der Waals surface area contributed by atoms with Crippen LogP contribution in [-0.2, 0) is 4.79 Å². The van der Waals surface area contributed by atoms with Crippen LogP contribution in [0.2, 0.25) is 0 Å². The molecule has 0 saturated carbocycles. The Morgan fingerprint density at radius 3 is 2.46 bits per heavy atom. The zero-order valence-electron chi connectivity index (χ0n) is 7.65. The summed E-state index contributed by atoms with van der Waals surface area (Å²) in [5, 5.41) is 9.74. The van der Waals surface area contributed by atoms with Gasteiger partial charge < -0.3 is 10.6 Å². The summed E-state index contributed by atoms with van der Waals surface area (Å²) in [5.74, 6) is 0.219. The summed E-state index contributed by atoms with van der Waals surface area (Å²) in [6, 6.07) is 0. The van der Waals surface area contributed by atoms with Gasteiger partial charge in [-0.2, -0.15) is 0 Å². The first-order chi connectivity index (χ1) is 6.25. The first kappa shape index (κ1) is 7.76. The van der Waals surface area contributed by atoms with Gasteiger partial charge in [0.1, 0.15) is 5.54 Å². The van der Waals surface area contributed by atoms with Crippen LogP contribution in [0.25, 0.3) is 0 Å². The Labute approximate surface area is 77.5 Å². The number of nitrogens with one attached hydrogen (secondary N) is 3. The molecule has 3 rings (SSSR count). The molecule has 3 heterocycles. The molecule has 1 atom stereocenters. The van der Waals surface area contributed by atoms with E-state index in [1.165, 1.54) is 0 Å². The van der Waals surface area contributed by atoms with Crippen molar-refractivity contribution in [2.24, 2.45) is 0 Å². The Morgan fingerprint density at radius 2 is 2.00 bits per heavy atom. The Kier molecular flexibility index (Phi) is 1.34. The van der Waals surface area contributed by atoms with E-state index in [4.69, 9.17) is 0 Å². The van der Waals surface area contributed by atoms with Gasteiger partial charge in [0.05, 0.1) is 0 Å². The first-order valence-electron chi connectivity index (χ1n) is 5.03. The van der Waals surface area contributed by atoms with Gasteiger partial charge in [0.2, 0.25) is 5.91 Å². The highest BCUT2D eigenvalue weighted by Crippen LogP contribution is 2.37. The van der Waals surface area contributed by atoms with Gasteiger partial charge >= 0.3 is 0 Å². The van der Waals surface area contributed by atoms with Crippen LogP contribution in [-0.4, -0.2) is 36.6 Å². The molecule has 4 heteroatoms. The third kappa shape index (κ3) is 0.901. The molecule has 0 bridgehead atoms. The van der Waals surface area contributed by atoms with Gasteiger partial charge in [0.15, 0.2) is 0 Å². The van der Waals surface area contributed by atoms with Crippen molar-refractivity contribution in [1.82, 2.24) is 16.0 Å². The van der Waals surface area contributed by atoms with Gasteiger partial charge in [-0.1, -0.05) is 0 Å². The predicted octanol–water partition coefficient (Wildman–Crippen LogP) is -1.03. The molecule has 13 heavy (non-hydrogen) atoms. The monoisotopic (exact) mass is 181 g/mol. The molecule has 3 N–H and O–H groups in total. The summed E-state index contributed by atoms with van der Waals surface area (Å²) < 4.78 is 0. The molecular weight excluding hydrogens is 166 g/mol. The number of carbonyl (C=O) groups is 1. The highest BCUT2D eigenvalue weighted by atomic mass is 16.2. The van der Waals surface area contributed by atoms with Crippen molar-refractivity contribution in [3.8, 4) is 0 Å². The molecule has 72 valence electrons. The van der Waals surface area contributed by atoms with Gasteiger partial charge in [-0.25, -0.2) is 0 Å². The van der Waals surface area contributed by atoms with Crippen molar-refractivity contribution in [3.05, 3.63) is 0 Å². The molecule has 3 aliphatic heterocycles. The number of carbonyl (C=O) groups excluding carboxylic acids is 1. The lowest BCUT2D eigenvalue weighted by atomic mass is 9.90. The molecule has 0 aliphatic carbocycles. The van der Waals surface area contributed by atoms with E-state index in [0.717, 1.165) is 38.9 Å². The highest BCUT2D eigenvalue weighted by Gasteiger charge is 2.55. The standard InChI is InChI=1S/C9H15N3O/c13-7-9(3-4-11-7)2-1-8(12-9)5-10-6-8/h10,12H,1-6H2,(H,11,13). The number of rotatable bonds is 0.